The summed E-state index contributed by atoms with van der Waals surface area (Å²) in [6, 6.07) is 8.72. The molecule has 1 aliphatic carbocycles. The van der Waals surface area contributed by atoms with Gasteiger partial charge in [0.25, 0.3) is 0 Å². The first-order valence-corrected chi connectivity index (χ1v) is 13.2. The van der Waals surface area contributed by atoms with Crippen LogP contribution in [0.3, 0.4) is 0 Å². The van der Waals surface area contributed by atoms with Crippen molar-refractivity contribution in [2.75, 3.05) is 11.9 Å². The van der Waals surface area contributed by atoms with E-state index >= 15 is 0 Å². The Morgan fingerprint density at radius 2 is 1.95 bits per heavy atom. The standard InChI is InChI=1S/C28H35FN6O3/c1-4-30-26-13-23-21(15-31-26)27(18-14-32-34(16-18)17-25(36)28(2,3)37)33-35(23)19-9-11-20(12-10-19)38-24-8-6-5-7-22(24)29/h5-8,13-16,19-20,25,36-37H,4,9-12,17H2,1-3H3,(H,30,31)/t19?,20?,25-/m1/s1. The van der Waals surface area contributed by atoms with Gasteiger partial charge in [0.05, 0.1) is 36.0 Å². The van der Waals surface area contributed by atoms with Gasteiger partial charge in [-0.2, -0.15) is 10.2 Å². The first-order valence-electron chi connectivity index (χ1n) is 13.2. The van der Waals surface area contributed by atoms with Crippen molar-refractivity contribution in [3.8, 4) is 17.0 Å². The number of aliphatic hydroxyl groups excluding tert-OH is 1. The van der Waals surface area contributed by atoms with Crippen molar-refractivity contribution in [2.24, 2.45) is 0 Å². The van der Waals surface area contributed by atoms with E-state index in [9.17, 15) is 14.6 Å². The third-order valence-electron chi connectivity index (χ3n) is 7.15. The van der Waals surface area contributed by atoms with Crippen LogP contribution in [-0.2, 0) is 6.54 Å². The molecular weight excluding hydrogens is 487 g/mol. The van der Waals surface area contributed by atoms with Crippen LogP contribution < -0.4 is 10.1 Å². The normalized spacial score (nSPS) is 19.0. The number of nitrogens with zero attached hydrogens (tertiary/aromatic N) is 5. The lowest BCUT2D eigenvalue weighted by atomic mass is 9.93. The second-order valence-electron chi connectivity index (χ2n) is 10.5. The zero-order chi connectivity index (χ0) is 26.9. The van der Waals surface area contributed by atoms with E-state index < -0.39 is 11.7 Å². The number of pyridine rings is 1. The Balaban J connectivity index is 1.40. The molecular formula is C28H35FN6O3. The molecule has 38 heavy (non-hydrogen) atoms. The summed E-state index contributed by atoms with van der Waals surface area (Å²) in [6.45, 7) is 6.09. The molecule has 0 spiro atoms. The van der Waals surface area contributed by atoms with Crippen molar-refractivity contribution in [2.45, 2.75) is 76.9 Å². The van der Waals surface area contributed by atoms with E-state index in [0.29, 0.717) is 5.75 Å². The predicted molar refractivity (Wildman–Crippen MR) is 144 cm³/mol. The Morgan fingerprint density at radius 1 is 1.18 bits per heavy atom. The summed E-state index contributed by atoms with van der Waals surface area (Å²) in [5.74, 6) is 0.750. The molecule has 3 heterocycles. The lowest BCUT2D eigenvalue weighted by Crippen LogP contribution is -2.39. The average molecular weight is 523 g/mol. The Kier molecular flexibility index (Phi) is 7.36. The van der Waals surface area contributed by atoms with E-state index in [2.05, 4.69) is 20.1 Å². The number of halogens is 1. The number of aliphatic hydroxyl groups is 2. The van der Waals surface area contributed by atoms with Crippen LogP contribution in [0.25, 0.3) is 22.2 Å². The zero-order valence-corrected chi connectivity index (χ0v) is 22.0. The van der Waals surface area contributed by atoms with Crippen molar-refractivity contribution in [3.63, 3.8) is 0 Å². The van der Waals surface area contributed by atoms with Gasteiger partial charge in [-0.3, -0.25) is 9.36 Å². The van der Waals surface area contributed by atoms with E-state index in [4.69, 9.17) is 9.84 Å². The molecule has 0 amide bonds. The molecule has 5 rings (SSSR count). The summed E-state index contributed by atoms with van der Waals surface area (Å²) >= 11 is 0. The summed E-state index contributed by atoms with van der Waals surface area (Å²) in [5.41, 5.74) is 1.33. The SMILES string of the molecule is CCNc1cc2c(cn1)c(-c1cnn(C[C@@H](O)C(C)(C)O)c1)nn2C1CCC(Oc2ccccc2F)CC1. The molecule has 1 aromatic carbocycles. The summed E-state index contributed by atoms with van der Waals surface area (Å²) in [6.07, 6.45) is 7.69. The molecule has 1 fully saturated rings. The van der Waals surface area contributed by atoms with Crippen molar-refractivity contribution in [1.29, 1.82) is 0 Å². The number of hydrogen-bond donors (Lipinski definition) is 3. The lowest BCUT2D eigenvalue weighted by molar-refractivity contribution is -0.0566. The number of anilines is 1. The van der Waals surface area contributed by atoms with Crippen molar-refractivity contribution >= 4 is 16.7 Å². The van der Waals surface area contributed by atoms with Crippen LogP contribution in [0, 0.1) is 5.82 Å². The van der Waals surface area contributed by atoms with Gasteiger partial charge in [-0.05, 0) is 58.6 Å². The average Bonchev–Trinajstić information content (AvgIpc) is 3.50. The highest BCUT2D eigenvalue weighted by molar-refractivity contribution is 5.93. The van der Waals surface area contributed by atoms with E-state index in [0.717, 1.165) is 60.2 Å². The van der Waals surface area contributed by atoms with E-state index in [1.54, 1.807) is 42.9 Å². The molecule has 0 bridgehead atoms. The molecule has 202 valence electrons. The van der Waals surface area contributed by atoms with Crippen LogP contribution in [0.4, 0.5) is 10.2 Å². The molecule has 0 radical (unpaired) electrons. The van der Waals surface area contributed by atoms with Crippen LogP contribution in [0.15, 0.2) is 48.9 Å². The van der Waals surface area contributed by atoms with Crippen molar-refractivity contribution in [1.82, 2.24) is 24.5 Å². The minimum Gasteiger partial charge on any atom is -0.487 e. The predicted octanol–water partition coefficient (Wildman–Crippen LogP) is 4.56. The van der Waals surface area contributed by atoms with Crippen LogP contribution in [0.1, 0.15) is 52.5 Å². The molecule has 0 aliphatic heterocycles. The Morgan fingerprint density at radius 3 is 2.66 bits per heavy atom. The molecule has 0 unspecified atom stereocenters. The van der Waals surface area contributed by atoms with E-state index in [1.165, 1.54) is 6.07 Å². The number of fused-ring (bicyclic) bond motifs is 1. The van der Waals surface area contributed by atoms with Gasteiger partial charge in [0, 0.05) is 36.0 Å². The van der Waals surface area contributed by atoms with Crippen LogP contribution in [0.5, 0.6) is 5.75 Å². The van der Waals surface area contributed by atoms with Gasteiger partial charge >= 0.3 is 0 Å². The van der Waals surface area contributed by atoms with E-state index in [-0.39, 0.29) is 24.5 Å². The fourth-order valence-electron chi connectivity index (χ4n) is 4.92. The van der Waals surface area contributed by atoms with Gasteiger partial charge in [0.2, 0.25) is 0 Å². The molecule has 1 saturated carbocycles. The fraction of sp³-hybridized carbons (Fsp3) is 0.464. The first kappa shape index (κ1) is 26.1. The second-order valence-corrected chi connectivity index (χ2v) is 10.5. The number of nitrogens with one attached hydrogen (secondary N) is 1. The summed E-state index contributed by atoms with van der Waals surface area (Å²) < 4.78 is 23.7. The van der Waals surface area contributed by atoms with E-state index in [1.807, 2.05) is 25.4 Å². The highest BCUT2D eigenvalue weighted by atomic mass is 19.1. The van der Waals surface area contributed by atoms with Gasteiger partial charge in [-0.15, -0.1) is 0 Å². The molecule has 1 atom stereocenters. The fourth-order valence-corrected chi connectivity index (χ4v) is 4.92. The summed E-state index contributed by atoms with van der Waals surface area (Å²) in [7, 11) is 0. The number of hydrogen-bond acceptors (Lipinski definition) is 7. The third kappa shape index (κ3) is 5.51. The lowest BCUT2D eigenvalue weighted by Gasteiger charge is -2.29. The molecule has 9 nitrogen and oxygen atoms in total. The van der Waals surface area contributed by atoms with Gasteiger partial charge < -0.3 is 20.3 Å². The van der Waals surface area contributed by atoms with Gasteiger partial charge in [-0.25, -0.2) is 9.37 Å². The maximum absolute atomic E-state index is 14.1. The highest BCUT2D eigenvalue weighted by Gasteiger charge is 2.28. The molecule has 10 heteroatoms. The molecule has 1 aliphatic rings. The van der Waals surface area contributed by atoms with Crippen molar-refractivity contribution in [3.05, 3.63) is 54.7 Å². The zero-order valence-electron chi connectivity index (χ0n) is 22.0. The summed E-state index contributed by atoms with van der Waals surface area (Å²) in [4.78, 5) is 4.58. The number of para-hydroxylation sites is 1. The monoisotopic (exact) mass is 522 g/mol. The number of ether oxygens (including phenoxy) is 1. The maximum Gasteiger partial charge on any atom is 0.165 e. The molecule has 3 N–H and O–H groups in total. The third-order valence-corrected chi connectivity index (χ3v) is 7.15. The van der Waals surface area contributed by atoms with Crippen LogP contribution >= 0.6 is 0 Å². The minimum absolute atomic E-state index is 0.0381. The van der Waals surface area contributed by atoms with Gasteiger partial charge in [-0.1, -0.05) is 12.1 Å². The topological polar surface area (TPSA) is 110 Å². The Bertz CT molecular complexity index is 1390. The maximum atomic E-state index is 14.1. The molecule has 4 aromatic rings. The van der Waals surface area contributed by atoms with Gasteiger partial charge in [0.1, 0.15) is 17.6 Å². The Hall–Kier alpha value is -3.50. The number of benzene rings is 1. The minimum atomic E-state index is -1.23. The summed E-state index contributed by atoms with van der Waals surface area (Å²) in [5, 5.41) is 34.0. The Labute approximate surface area is 221 Å². The number of aromatic nitrogens is 5. The van der Waals surface area contributed by atoms with Crippen LogP contribution in [0.2, 0.25) is 0 Å². The first-order chi connectivity index (χ1) is 18.2. The quantitative estimate of drug-likeness (QED) is 0.296. The number of rotatable bonds is 9. The van der Waals surface area contributed by atoms with Crippen molar-refractivity contribution < 1.29 is 19.3 Å². The molecule has 3 aromatic heterocycles. The second kappa shape index (κ2) is 10.7. The smallest absolute Gasteiger partial charge is 0.165 e. The largest absolute Gasteiger partial charge is 0.487 e. The molecule has 0 saturated heterocycles. The van der Waals surface area contributed by atoms with Gasteiger partial charge in [0.15, 0.2) is 11.6 Å². The van der Waals surface area contributed by atoms with Crippen LogP contribution in [-0.4, -0.2) is 59.1 Å². The highest BCUT2D eigenvalue weighted by Crippen LogP contribution is 2.36.